The van der Waals surface area contributed by atoms with Crippen molar-refractivity contribution in [1.82, 2.24) is 0 Å². The normalized spacial score (nSPS) is 18.6. The zero-order valence-electron chi connectivity index (χ0n) is 16.7. The molecule has 2 atom stereocenters. The second-order valence-corrected chi connectivity index (χ2v) is 10.9. The maximum Gasteiger partial charge on any atom is 0.231 e. The SMILES string of the molecule is O=C(Cc1ccc(F)cc1)c1cc(NC(=O)C2C(c3cc(Cl)cc(Br)c3)C2(Cl)Cl)ccc1Cl. The van der Waals surface area contributed by atoms with Gasteiger partial charge in [-0.3, -0.25) is 9.59 Å². The Labute approximate surface area is 218 Å². The second kappa shape index (κ2) is 9.55. The topological polar surface area (TPSA) is 46.2 Å². The molecule has 1 aliphatic carbocycles. The number of halogens is 6. The summed E-state index contributed by atoms with van der Waals surface area (Å²) in [6, 6.07) is 15.5. The molecular weight excluding hydrogens is 575 g/mol. The lowest BCUT2D eigenvalue weighted by Gasteiger charge is -2.09. The van der Waals surface area contributed by atoms with Gasteiger partial charge in [0, 0.05) is 33.1 Å². The average molecular weight is 590 g/mol. The molecule has 3 aromatic rings. The standard InChI is InChI=1S/C24H15BrCl4FNO2/c25-14-8-13(9-15(26)10-14)21-22(24(21,28)29)23(33)31-17-5-6-19(27)18(11-17)20(32)7-12-1-3-16(30)4-2-12/h1-6,8-11,21-22H,7H2,(H,31,33). The first-order chi connectivity index (χ1) is 15.6. The van der Waals surface area contributed by atoms with E-state index in [1.54, 1.807) is 18.2 Å². The fourth-order valence-electron chi connectivity index (χ4n) is 3.74. The Kier molecular flexibility index (Phi) is 7.09. The summed E-state index contributed by atoms with van der Waals surface area (Å²) in [4.78, 5) is 25.7. The van der Waals surface area contributed by atoms with Crippen LogP contribution in [0, 0.1) is 11.7 Å². The van der Waals surface area contributed by atoms with Crippen LogP contribution in [0.25, 0.3) is 0 Å². The Morgan fingerprint density at radius 1 is 1.00 bits per heavy atom. The minimum atomic E-state index is -1.29. The largest absolute Gasteiger partial charge is 0.326 e. The number of rotatable bonds is 6. The third kappa shape index (κ3) is 5.39. The van der Waals surface area contributed by atoms with Crippen molar-refractivity contribution in [1.29, 1.82) is 0 Å². The quantitative estimate of drug-likeness (QED) is 0.235. The monoisotopic (exact) mass is 587 g/mol. The van der Waals surface area contributed by atoms with Gasteiger partial charge in [0.2, 0.25) is 5.91 Å². The van der Waals surface area contributed by atoms with Crippen molar-refractivity contribution in [2.24, 2.45) is 5.92 Å². The smallest absolute Gasteiger partial charge is 0.231 e. The van der Waals surface area contributed by atoms with Crippen LogP contribution in [0.5, 0.6) is 0 Å². The summed E-state index contributed by atoms with van der Waals surface area (Å²) in [7, 11) is 0. The molecule has 9 heteroatoms. The van der Waals surface area contributed by atoms with E-state index in [4.69, 9.17) is 46.4 Å². The first-order valence-electron chi connectivity index (χ1n) is 9.78. The number of hydrogen-bond donors (Lipinski definition) is 1. The molecule has 0 saturated heterocycles. The van der Waals surface area contributed by atoms with Crippen LogP contribution in [-0.4, -0.2) is 16.0 Å². The van der Waals surface area contributed by atoms with Crippen LogP contribution in [0.2, 0.25) is 10.0 Å². The van der Waals surface area contributed by atoms with Gasteiger partial charge < -0.3 is 5.32 Å². The molecule has 1 amide bonds. The number of hydrogen-bond acceptors (Lipinski definition) is 2. The lowest BCUT2D eigenvalue weighted by Crippen LogP contribution is -2.17. The molecule has 0 spiro atoms. The van der Waals surface area contributed by atoms with Gasteiger partial charge in [-0.15, -0.1) is 23.2 Å². The van der Waals surface area contributed by atoms with Gasteiger partial charge in [0.05, 0.1) is 10.9 Å². The van der Waals surface area contributed by atoms with E-state index >= 15 is 0 Å². The van der Waals surface area contributed by atoms with Crippen LogP contribution in [0.1, 0.15) is 27.4 Å². The molecule has 0 bridgehead atoms. The van der Waals surface area contributed by atoms with Crippen LogP contribution in [0.4, 0.5) is 10.1 Å². The molecule has 170 valence electrons. The Balaban J connectivity index is 1.50. The van der Waals surface area contributed by atoms with Gasteiger partial charge in [-0.2, -0.15) is 0 Å². The van der Waals surface area contributed by atoms with E-state index in [0.29, 0.717) is 16.3 Å². The van der Waals surface area contributed by atoms with Crippen LogP contribution in [0.15, 0.2) is 65.1 Å². The molecule has 0 heterocycles. The highest BCUT2D eigenvalue weighted by Gasteiger charge is 2.67. The highest BCUT2D eigenvalue weighted by Crippen LogP contribution is 2.65. The predicted molar refractivity (Wildman–Crippen MR) is 134 cm³/mol. The molecule has 0 radical (unpaired) electrons. The molecule has 3 nitrogen and oxygen atoms in total. The van der Waals surface area contributed by atoms with Gasteiger partial charge in [-0.1, -0.05) is 51.3 Å². The Hall–Kier alpha value is -1.63. The maximum atomic E-state index is 13.1. The number of alkyl halides is 2. The molecule has 3 aromatic carbocycles. The van der Waals surface area contributed by atoms with Crippen molar-refractivity contribution in [2.45, 2.75) is 16.7 Å². The van der Waals surface area contributed by atoms with E-state index < -0.39 is 16.2 Å². The molecule has 1 fully saturated rings. The first kappa shape index (κ1) is 24.5. The number of benzene rings is 3. The van der Waals surface area contributed by atoms with Gasteiger partial charge in [-0.05, 0) is 59.7 Å². The van der Waals surface area contributed by atoms with E-state index in [2.05, 4.69) is 21.2 Å². The van der Waals surface area contributed by atoms with Gasteiger partial charge in [0.1, 0.15) is 10.2 Å². The summed E-state index contributed by atoms with van der Waals surface area (Å²) in [5.74, 6) is -2.18. The van der Waals surface area contributed by atoms with Crippen LogP contribution in [-0.2, 0) is 11.2 Å². The summed E-state index contributed by atoms with van der Waals surface area (Å²) in [5.41, 5.74) is 2.02. The molecule has 0 aliphatic heterocycles. The molecular formula is C24H15BrCl4FNO2. The van der Waals surface area contributed by atoms with Gasteiger partial charge >= 0.3 is 0 Å². The van der Waals surface area contributed by atoms with E-state index in [-0.39, 0.29) is 34.5 Å². The Bertz CT molecular complexity index is 1230. The zero-order chi connectivity index (χ0) is 23.9. The van der Waals surface area contributed by atoms with Gasteiger partial charge in [0.15, 0.2) is 5.78 Å². The van der Waals surface area contributed by atoms with Crippen molar-refractivity contribution in [3.63, 3.8) is 0 Å². The number of Topliss-reactive ketones (excluding diaryl/α,β-unsaturated/α-hetero) is 1. The van der Waals surface area contributed by atoms with Gasteiger partial charge in [0.25, 0.3) is 0 Å². The number of nitrogens with one attached hydrogen (secondary N) is 1. The summed E-state index contributed by atoms with van der Waals surface area (Å²) in [6.45, 7) is 0. The fourth-order valence-corrected chi connectivity index (χ4v) is 5.68. The van der Waals surface area contributed by atoms with Crippen LogP contribution < -0.4 is 5.32 Å². The predicted octanol–water partition coefficient (Wildman–Crippen LogP) is 7.85. The van der Waals surface area contributed by atoms with Crippen molar-refractivity contribution >= 4 is 79.7 Å². The molecule has 1 aliphatic rings. The molecule has 0 aromatic heterocycles. The first-order valence-corrected chi connectivity index (χ1v) is 12.1. The van der Waals surface area contributed by atoms with E-state index in [1.165, 1.54) is 36.4 Å². The number of carbonyl (C=O) groups excluding carboxylic acids is 2. The number of carbonyl (C=O) groups is 2. The minimum absolute atomic E-state index is 0.0399. The highest BCUT2D eigenvalue weighted by atomic mass is 79.9. The second-order valence-electron chi connectivity index (χ2n) is 7.74. The number of anilines is 1. The van der Waals surface area contributed by atoms with Gasteiger partial charge in [-0.25, -0.2) is 4.39 Å². The number of amides is 1. The van der Waals surface area contributed by atoms with E-state index in [9.17, 15) is 14.0 Å². The fraction of sp³-hybridized carbons (Fsp3) is 0.167. The van der Waals surface area contributed by atoms with Crippen molar-refractivity contribution in [2.75, 3.05) is 5.32 Å². The Morgan fingerprint density at radius 3 is 2.36 bits per heavy atom. The highest BCUT2D eigenvalue weighted by molar-refractivity contribution is 9.10. The summed E-state index contributed by atoms with van der Waals surface area (Å²) in [6.07, 6.45) is 0.0399. The molecule has 1 saturated carbocycles. The summed E-state index contributed by atoms with van der Waals surface area (Å²) < 4.78 is 12.6. The molecule has 1 N–H and O–H groups in total. The molecule has 4 rings (SSSR count). The minimum Gasteiger partial charge on any atom is -0.326 e. The summed E-state index contributed by atoms with van der Waals surface area (Å²) >= 11 is 28.6. The third-order valence-corrected chi connectivity index (χ3v) is 7.34. The van der Waals surface area contributed by atoms with Crippen molar-refractivity contribution in [3.05, 3.63) is 97.7 Å². The van der Waals surface area contributed by atoms with E-state index in [1.807, 2.05) is 6.07 Å². The van der Waals surface area contributed by atoms with Crippen LogP contribution >= 0.6 is 62.3 Å². The lowest BCUT2D eigenvalue weighted by molar-refractivity contribution is -0.117. The maximum absolute atomic E-state index is 13.1. The third-order valence-electron chi connectivity index (χ3n) is 5.39. The number of ketones is 1. The lowest BCUT2D eigenvalue weighted by atomic mass is 10.0. The van der Waals surface area contributed by atoms with Crippen molar-refractivity contribution < 1.29 is 14.0 Å². The molecule has 33 heavy (non-hydrogen) atoms. The Morgan fingerprint density at radius 2 is 1.70 bits per heavy atom. The van der Waals surface area contributed by atoms with Crippen molar-refractivity contribution in [3.8, 4) is 0 Å². The average Bonchev–Trinajstić information content (AvgIpc) is 3.32. The van der Waals surface area contributed by atoms with E-state index in [0.717, 1.165) is 10.0 Å². The zero-order valence-corrected chi connectivity index (χ0v) is 21.3. The summed E-state index contributed by atoms with van der Waals surface area (Å²) in [5, 5.41) is 3.51. The molecule has 2 unspecified atom stereocenters. The van der Waals surface area contributed by atoms with Crippen LogP contribution in [0.3, 0.4) is 0 Å².